The molecule has 0 unspecified atom stereocenters. The first-order valence-corrected chi connectivity index (χ1v) is 4.41. The average molecular weight is 184 g/mol. The lowest BCUT2D eigenvalue weighted by atomic mass is 10.0. The molecule has 0 bridgehead atoms. The first-order valence-electron chi connectivity index (χ1n) is 4.41. The van der Waals surface area contributed by atoms with Crippen LogP contribution >= 0.6 is 0 Å². The summed E-state index contributed by atoms with van der Waals surface area (Å²) in [5, 5.41) is 0. The topological polar surface area (TPSA) is 63.0 Å². The zero-order chi connectivity index (χ0) is 8.36. The molecule has 0 atom stereocenters. The van der Waals surface area contributed by atoms with Crippen molar-refractivity contribution in [3.8, 4) is 0 Å². The van der Waals surface area contributed by atoms with Crippen LogP contribution in [0.1, 0.15) is 19.8 Å². The van der Waals surface area contributed by atoms with E-state index < -0.39 is 0 Å². The average Bonchev–Trinajstić information content (AvgIpc) is 2.10. The lowest BCUT2D eigenvalue weighted by molar-refractivity contribution is 0.823. The number of hydrogen-bond donors (Lipinski definition) is 0. The van der Waals surface area contributed by atoms with E-state index in [4.69, 9.17) is 0 Å². The summed E-state index contributed by atoms with van der Waals surface area (Å²) in [6.45, 7) is 2.21. The molecule has 3 heteroatoms. The maximum absolute atomic E-state index is 2.21. The normalized spacial score (nSPS) is 6.85. The molecule has 0 aromatic heterocycles. The molecular weight excluding hydrogens is 163 g/mol. The van der Waals surface area contributed by atoms with E-state index >= 15 is 0 Å². The highest BCUT2D eigenvalue weighted by Crippen LogP contribution is 1.86. The fourth-order valence-electron chi connectivity index (χ4n) is 0.738. The Morgan fingerprint density at radius 2 is 1.15 bits per heavy atom. The van der Waals surface area contributed by atoms with Crippen LogP contribution in [0, 0.1) is 0 Å². The molecule has 0 spiro atoms. The van der Waals surface area contributed by atoms with Crippen molar-refractivity contribution in [2.45, 2.75) is 26.1 Å². The van der Waals surface area contributed by atoms with E-state index in [0.717, 1.165) is 0 Å². The van der Waals surface area contributed by atoms with E-state index in [2.05, 4.69) is 14.8 Å². The van der Waals surface area contributed by atoms with Gasteiger partial charge in [0, 0.05) is 0 Å². The molecule has 13 heavy (non-hydrogen) atoms. The summed E-state index contributed by atoms with van der Waals surface area (Å²) < 4.78 is 0. The molecule has 76 valence electrons. The summed E-state index contributed by atoms with van der Waals surface area (Å²) in [6, 6.07) is 12.0. The molecule has 0 radical (unpaired) electrons. The summed E-state index contributed by atoms with van der Waals surface area (Å²) in [7, 11) is 2.21. The van der Waals surface area contributed by atoms with E-state index in [-0.39, 0.29) is 11.0 Å². The van der Waals surface area contributed by atoms with Crippen LogP contribution in [-0.4, -0.2) is 18.8 Å². The first kappa shape index (κ1) is 18.1. The van der Waals surface area contributed by atoms with E-state index in [1.807, 2.05) is 36.4 Å². The van der Waals surface area contributed by atoms with Crippen LogP contribution in [-0.2, 0) is 0 Å². The number of rotatable bonds is 2. The predicted octanol–water partition coefficient (Wildman–Crippen LogP) is 0.875. The van der Waals surface area contributed by atoms with E-state index in [0.29, 0.717) is 0 Å². The summed E-state index contributed by atoms with van der Waals surface area (Å²) >= 11 is 0. The third-order valence-electron chi connectivity index (χ3n) is 1.37. The molecule has 0 amide bonds. The van der Waals surface area contributed by atoms with Crippen molar-refractivity contribution >= 4 is 7.85 Å². The molecule has 0 aliphatic rings. The Balaban J connectivity index is -0.000000136. The Morgan fingerprint density at radius 3 is 1.23 bits per heavy atom. The number of benzene rings is 1. The Hall–Kier alpha value is -0.795. The van der Waals surface area contributed by atoms with Crippen LogP contribution < -0.4 is 0 Å². The largest absolute Gasteiger partial charge is 0.412 e. The quantitative estimate of drug-likeness (QED) is 0.612. The lowest BCUT2D eigenvalue weighted by Gasteiger charge is -1.78. The monoisotopic (exact) mass is 184 g/mol. The van der Waals surface area contributed by atoms with Crippen LogP contribution in [0.25, 0.3) is 0 Å². The Morgan fingerprint density at radius 1 is 0.846 bits per heavy atom. The minimum absolute atomic E-state index is 0. The van der Waals surface area contributed by atoms with Gasteiger partial charge in [-0.05, 0) is 0 Å². The Bertz CT molecular complexity index is 116. The Kier molecular flexibility index (Phi) is 24.1. The van der Waals surface area contributed by atoms with Crippen molar-refractivity contribution in [1.82, 2.24) is 0 Å². The second kappa shape index (κ2) is 17.3. The zero-order valence-electron chi connectivity index (χ0n) is 8.59. The molecule has 0 saturated carbocycles. The Labute approximate surface area is 82.0 Å². The van der Waals surface area contributed by atoms with Crippen LogP contribution in [0.2, 0.25) is 6.32 Å². The van der Waals surface area contributed by atoms with Gasteiger partial charge in [0.05, 0.1) is 0 Å². The van der Waals surface area contributed by atoms with Crippen molar-refractivity contribution in [2.75, 3.05) is 0 Å². The smallest absolute Gasteiger partial charge is 0.101 e. The van der Waals surface area contributed by atoms with Crippen LogP contribution in [0.15, 0.2) is 36.4 Å². The molecule has 0 aliphatic heterocycles. The zero-order valence-corrected chi connectivity index (χ0v) is 8.59. The fraction of sp³-hybridized carbons (Fsp3) is 0.400. The van der Waals surface area contributed by atoms with Crippen LogP contribution in [0.3, 0.4) is 0 Å². The van der Waals surface area contributed by atoms with Crippen LogP contribution in [0.5, 0.6) is 0 Å². The summed E-state index contributed by atoms with van der Waals surface area (Å²) in [5.74, 6) is 0. The molecule has 1 aromatic carbocycles. The van der Waals surface area contributed by atoms with Gasteiger partial charge in [-0.1, -0.05) is 62.5 Å². The van der Waals surface area contributed by atoms with Crippen molar-refractivity contribution in [1.29, 1.82) is 0 Å². The van der Waals surface area contributed by atoms with Gasteiger partial charge in [-0.2, -0.15) is 0 Å². The minimum atomic E-state index is 0. The van der Waals surface area contributed by atoms with Crippen molar-refractivity contribution in [2.24, 2.45) is 0 Å². The maximum atomic E-state index is 2.21. The number of hydrogen-bond acceptors (Lipinski definition) is 0. The highest BCUT2D eigenvalue weighted by molar-refractivity contribution is 6.08. The molecule has 0 fully saturated rings. The summed E-state index contributed by atoms with van der Waals surface area (Å²) in [6.07, 6.45) is 4.08. The van der Waals surface area contributed by atoms with Crippen molar-refractivity contribution in [3.05, 3.63) is 36.4 Å². The van der Waals surface area contributed by atoms with Gasteiger partial charge in [0.2, 0.25) is 0 Å². The van der Waals surface area contributed by atoms with Gasteiger partial charge in [-0.15, -0.1) is 0 Å². The van der Waals surface area contributed by atoms with Gasteiger partial charge in [-0.25, -0.2) is 0 Å². The predicted molar refractivity (Wildman–Crippen MR) is 61.9 cm³/mol. The molecule has 0 saturated heterocycles. The number of unbranched alkanes of at least 4 members (excludes halogenated alkanes) is 1. The van der Waals surface area contributed by atoms with E-state index in [1.165, 1.54) is 19.2 Å². The summed E-state index contributed by atoms with van der Waals surface area (Å²) in [5.41, 5.74) is 0. The standard InChI is InChI=1S/C6H6.C4H11B.2H2O/c1-2-4-6-5-3-1;1-2-3-4-5;;/h1-6H;2-5H2,1H3;2*1H2. The summed E-state index contributed by atoms with van der Waals surface area (Å²) in [4.78, 5) is 0. The highest BCUT2D eigenvalue weighted by Gasteiger charge is 1.68. The molecule has 1 aromatic rings. The SMILES string of the molecule is BCCCC.O.O.c1ccccc1. The second-order valence-corrected chi connectivity index (χ2v) is 2.51. The van der Waals surface area contributed by atoms with Gasteiger partial charge < -0.3 is 11.0 Å². The molecular formula is C10H21BO2. The van der Waals surface area contributed by atoms with Crippen molar-refractivity contribution in [3.63, 3.8) is 0 Å². The van der Waals surface area contributed by atoms with Crippen LogP contribution in [0.4, 0.5) is 0 Å². The first-order chi connectivity index (χ1) is 5.41. The molecule has 2 nitrogen and oxygen atoms in total. The minimum Gasteiger partial charge on any atom is -0.412 e. The maximum Gasteiger partial charge on any atom is 0.101 e. The van der Waals surface area contributed by atoms with Gasteiger partial charge in [0.15, 0.2) is 0 Å². The van der Waals surface area contributed by atoms with E-state index in [1.54, 1.807) is 0 Å². The second-order valence-electron chi connectivity index (χ2n) is 2.51. The third-order valence-corrected chi connectivity index (χ3v) is 1.37. The van der Waals surface area contributed by atoms with Gasteiger partial charge in [-0.3, -0.25) is 0 Å². The molecule has 0 aliphatic carbocycles. The fourth-order valence-corrected chi connectivity index (χ4v) is 0.738. The van der Waals surface area contributed by atoms with Gasteiger partial charge >= 0.3 is 0 Å². The lowest BCUT2D eigenvalue weighted by Crippen LogP contribution is -1.63. The molecule has 4 N–H and O–H groups in total. The third kappa shape index (κ3) is 18.3. The van der Waals surface area contributed by atoms with Gasteiger partial charge in [0.1, 0.15) is 7.85 Å². The van der Waals surface area contributed by atoms with E-state index in [9.17, 15) is 0 Å². The van der Waals surface area contributed by atoms with Gasteiger partial charge in [0.25, 0.3) is 0 Å². The highest BCUT2D eigenvalue weighted by atomic mass is 16.0. The molecule has 0 heterocycles. The molecule has 1 rings (SSSR count). The van der Waals surface area contributed by atoms with Crippen molar-refractivity contribution < 1.29 is 11.0 Å².